The molecule has 1 fully saturated rings. The largest absolute Gasteiger partial charge is 0.497 e. The summed E-state index contributed by atoms with van der Waals surface area (Å²) in [5, 5.41) is 4.01. The lowest BCUT2D eigenvalue weighted by atomic mass is 10.1. The van der Waals surface area contributed by atoms with Crippen molar-refractivity contribution in [2.45, 2.75) is 13.0 Å². The van der Waals surface area contributed by atoms with Gasteiger partial charge in [0, 0.05) is 45.7 Å². The molecule has 3 rings (SSSR count). The fourth-order valence-corrected chi connectivity index (χ4v) is 3.34. The number of hydrogen-bond acceptors (Lipinski definition) is 5. The summed E-state index contributed by atoms with van der Waals surface area (Å²) >= 11 is 0. The minimum atomic E-state index is 0.847. The van der Waals surface area contributed by atoms with E-state index < -0.39 is 0 Å². The van der Waals surface area contributed by atoms with Gasteiger partial charge in [-0.25, -0.2) is 0 Å². The molecule has 5 nitrogen and oxygen atoms in total. The van der Waals surface area contributed by atoms with Crippen molar-refractivity contribution in [3.63, 3.8) is 0 Å². The molecule has 1 heterocycles. The predicted octanol–water partition coefficient (Wildman–Crippen LogP) is 2.57. The monoisotopic (exact) mass is 352 g/mol. The molecule has 0 aliphatic carbocycles. The summed E-state index contributed by atoms with van der Waals surface area (Å²) in [7, 11) is 1.67. The Morgan fingerprint density at radius 1 is 0.962 bits per heavy atom. The summed E-state index contributed by atoms with van der Waals surface area (Å²) in [5.41, 5.74) is 3.40. The maximum atomic E-state index is 5.63. The minimum absolute atomic E-state index is 0.847. The first-order chi connectivity index (χ1) is 12.8. The van der Waals surface area contributed by atoms with Crippen molar-refractivity contribution in [1.29, 1.82) is 0 Å². The molecule has 2 N–H and O–H groups in total. The molecule has 0 aromatic heterocycles. The topological polar surface area (TPSA) is 54.1 Å². The second-order valence-corrected chi connectivity index (χ2v) is 6.66. The number of methoxy groups -OCH3 is 1. The number of rotatable bonds is 7. The van der Waals surface area contributed by atoms with Crippen molar-refractivity contribution in [2.24, 2.45) is 10.9 Å². The Morgan fingerprint density at radius 3 is 2.23 bits per heavy atom. The molecule has 1 aliphatic heterocycles. The van der Waals surface area contributed by atoms with Gasteiger partial charge in [-0.3, -0.25) is 4.90 Å². The Bertz CT molecular complexity index is 692. The molecule has 26 heavy (non-hydrogen) atoms. The second-order valence-electron chi connectivity index (χ2n) is 6.66. The van der Waals surface area contributed by atoms with E-state index in [2.05, 4.69) is 45.2 Å². The van der Waals surface area contributed by atoms with E-state index in [-0.39, 0.29) is 0 Å². The van der Waals surface area contributed by atoms with Crippen LogP contribution in [0.4, 0.5) is 0 Å². The quantitative estimate of drug-likeness (QED) is 0.473. The van der Waals surface area contributed by atoms with E-state index in [4.69, 9.17) is 10.6 Å². The van der Waals surface area contributed by atoms with Crippen LogP contribution < -0.4 is 10.6 Å². The Morgan fingerprint density at radius 2 is 1.62 bits per heavy atom. The van der Waals surface area contributed by atoms with Crippen molar-refractivity contribution in [3.8, 4) is 5.75 Å². The predicted molar refractivity (Wildman–Crippen MR) is 106 cm³/mol. The van der Waals surface area contributed by atoms with Crippen LogP contribution in [0.3, 0.4) is 0 Å². The van der Waals surface area contributed by atoms with Crippen molar-refractivity contribution in [3.05, 3.63) is 65.7 Å². The third kappa shape index (κ3) is 5.07. The minimum Gasteiger partial charge on any atom is -0.497 e. The van der Waals surface area contributed by atoms with Crippen molar-refractivity contribution in [1.82, 2.24) is 9.80 Å². The average Bonchev–Trinajstić information content (AvgIpc) is 2.71. The van der Waals surface area contributed by atoms with Crippen LogP contribution >= 0.6 is 0 Å². The van der Waals surface area contributed by atoms with Crippen molar-refractivity contribution in [2.75, 3.05) is 39.8 Å². The summed E-state index contributed by atoms with van der Waals surface area (Å²) in [6.07, 6.45) is 0.863. The van der Waals surface area contributed by atoms with Crippen LogP contribution in [0.25, 0.3) is 0 Å². The zero-order valence-corrected chi connectivity index (χ0v) is 15.5. The highest BCUT2D eigenvalue weighted by molar-refractivity contribution is 6.00. The molecule has 0 spiro atoms. The number of hydrogen-bond donors (Lipinski definition) is 1. The van der Waals surface area contributed by atoms with E-state index in [0.29, 0.717) is 0 Å². The van der Waals surface area contributed by atoms with Crippen LogP contribution in [-0.2, 0) is 6.54 Å². The SMILES string of the molecule is COc1ccc(C(CCN2CCN(Cc3ccccc3)CC2)=NN)cc1. The van der Waals surface area contributed by atoms with Gasteiger partial charge < -0.3 is 15.5 Å². The van der Waals surface area contributed by atoms with Crippen molar-refractivity contribution < 1.29 is 4.74 Å². The van der Waals surface area contributed by atoms with Gasteiger partial charge in [0.15, 0.2) is 0 Å². The van der Waals surface area contributed by atoms with Gasteiger partial charge >= 0.3 is 0 Å². The number of benzene rings is 2. The van der Waals surface area contributed by atoms with E-state index in [1.54, 1.807) is 7.11 Å². The van der Waals surface area contributed by atoms with Crippen LogP contribution in [0.15, 0.2) is 59.7 Å². The second kappa shape index (κ2) is 9.36. The lowest BCUT2D eigenvalue weighted by Crippen LogP contribution is -2.46. The van der Waals surface area contributed by atoms with Gasteiger partial charge in [-0.15, -0.1) is 0 Å². The number of nitrogens with two attached hydrogens (primary N) is 1. The molecule has 0 radical (unpaired) electrons. The molecule has 0 amide bonds. The molecular weight excluding hydrogens is 324 g/mol. The van der Waals surface area contributed by atoms with Crippen LogP contribution in [-0.4, -0.2) is 55.3 Å². The highest BCUT2D eigenvalue weighted by Gasteiger charge is 2.17. The fourth-order valence-electron chi connectivity index (χ4n) is 3.34. The normalized spacial score (nSPS) is 16.6. The van der Waals surface area contributed by atoms with E-state index in [9.17, 15) is 0 Å². The standard InChI is InChI=1S/C21H28N4O/c1-26-20-9-7-19(8-10-20)21(23-22)11-12-24-13-15-25(16-14-24)17-18-5-3-2-4-6-18/h2-10H,11-17,22H2,1H3. The summed E-state index contributed by atoms with van der Waals surface area (Å²) in [5.74, 6) is 6.48. The highest BCUT2D eigenvalue weighted by Crippen LogP contribution is 2.14. The molecule has 2 aromatic rings. The summed E-state index contributed by atoms with van der Waals surface area (Å²) in [4.78, 5) is 5.02. The lowest BCUT2D eigenvalue weighted by molar-refractivity contribution is 0.129. The van der Waals surface area contributed by atoms with Crippen LogP contribution in [0.1, 0.15) is 17.5 Å². The van der Waals surface area contributed by atoms with Gasteiger partial charge in [0.1, 0.15) is 5.75 Å². The third-order valence-electron chi connectivity index (χ3n) is 4.96. The van der Waals surface area contributed by atoms with Gasteiger partial charge in [0.05, 0.1) is 12.8 Å². The average molecular weight is 352 g/mol. The van der Waals surface area contributed by atoms with Gasteiger partial charge in [-0.2, -0.15) is 5.10 Å². The Balaban J connectivity index is 1.45. The van der Waals surface area contributed by atoms with Crippen molar-refractivity contribution >= 4 is 5.71 Å². The fraction of sp³-hybridized carbons (Fsp3) is 0.381. The molecular formula is C21H28N4O. The maximum Gasteiger partial charge on any atom is 0.118 e. The van der Waals surface area contributed by atoms with Gasteiger partial charge in [0.25, 0.3) is 0 Å². The molecule has 0 atom stereocenters. The summed E-state index contributed by atoms with van der Waals surface area (Å²) in [6.45, 7) is 6.41. The molecule has 0 saturated carbocycles. The van der Waals surface area contributed by atoms with Crippen LogP contribution in [0, 0.1) is 0 Å². The first kappa shape index (κ1) is 18.4. The first-order valence-corrected chi connectivity index (χ1v) is 9.18. The Kier molecular flexibility index (Phi) is 6.63. The van der Waals surface area contributed by atoms with E-state index >= 15 is 0 Å². The number of piperazine rings is 1. The molecule has 1 aliphatic rings. The van der Waals surface area contributed by atoms with E-state index in [1.165, 1.54) is 5.56 Å². The molecule has 5 heteroatoms. The first-order valence-electron chi connectivity index (χ1n) is 9.18. The molecule has 138 valence electrons. The Labute approximate surface area is 156 Å². The maximum absolute atomic E-state index is 5.63. The van der Waals surface area contributed by atoms with Gasteiger partial charge in [0.2, 0.25) is 0 Å². The van der Waals surface area contributed by atoms with Crippen LogP contribution in [0.5, 0.6) is 5.75 Å². The van der Waals surface area contributed by atoms with E-state index in [0.717, 1.165) is 62.7 Å². The summed E-state index contributed by atoms with van der Waals surface area (Å²) < 4.78 is 5.21. The van der Waals surface area contributed by atoms with Gasteiger partial charge in [-0.1, -0.05) is 30.3 Å². The number of nitrogens with zero attached hydrogens (tertiary/aromatic N) is 3. The Hall–Kier alpha value is -2.37. The molecule has 0 unspecified atom stereocenters. The number of ether oxygens (including phenoxy) is 1. The molecule has 0 bridgehead atoms. The zero-order valence-electron chi connectivity index (χ0n) is 15.5. The third-order valence-corrected chi connectivity index (χ3v) is 4.96. The molecule has 2 aromatic carbocycles. The zero-order chi connectivity index (χ0) is 18.2. The lowest BCUT2D eigenvalue weighted by Gasteiger charge is -2.34. The number of hydrazone groups is 1. The highest BCUT2D eigenvalue weighted by atomic mass is 16.5. The van der Waals surface area contributed by atoms with Crippen LogP contribution in [0.2, 0.25) is 0 Å². The van der Waals surface area contributed by atoms with E-state index in [1.807, 2.05) is 24.3 Å². The van der Waals surface area contributed by atoms with Gasteiger partial charge in [-0.05, 0) is 35.4 Å². The smallest absolute Gasteiger partial charge is 0.118 e. The summed E-state index contributed by atoms with van der Waals surface area (Å²) in [6, 6.07) is 18.6. The molecule has 1 saturated heterocycles.